The Morgan fingerprint density at radius 2 is 1.69 bits per heavy atom. The van der Waals surface area contributed by atoms with Crippen LogP contribution in [0.1, 0.15) is 36.8 Å². The minimum Gasteiger partial charge on any atom is -0.489 e. The van der Waals surface area contributed by atoms with E-state index in [1.807, 2.05) is 36.4 Å². The van der Waals surface area contributed by atoms with E-state index >= 15 is 0 Å². The van der Waals surface area contributed by atoms with Gasteiger partial charge in [-0.15, -0.1) is 0 Å². The molecule has 35 heavy (non-hydrogen) atoms. The standard InChI is InChI=1S/C26H28Cl2N6O/c27-21-9-8-20(23(28)15-21)18-35-22-7-5-6-19(14-22)17-29-32-24-16-25(33-10-1-2-11-33)31-26(30-24)34-12-3-4-13-34/h5-9,14-17H,1-4,10-13,18H2,(H,30,31,32). The topological polar surface area (TPSA) is 65.9 Å². The number of halogens is 2. The van der Waals surface area contributed by atoms with E-state index in [1.54, 1.807) is 18.3 Å². The fourth-order valence-electron chi connectivity index (χ4n) is 4.30. The summed E-state index contributed by atoms with van der Waals surface area (Å²) in [5, 5.41) is 5.63. The number of aromatic nitrogens is 2. The van der Waals surface area contributed by atoms with E-state index in [2.05, 4.69) is 20.3 Å². The lowest BCUT2D eigenvalue weighted by Crippen LogP contribution is -2.24. The van der Waals surface area contributed by atoms with Crippen LogP contribution in [0.5, 0.6) is 5.75 Å². The molecule has 182 valence electrons. The highest BCUT2D eigenvalue weighted by molar-refractivity contribution is 6.35. The lowest BCUT2D eigenvalue weighted by molar-refractivity contribution is 0.306. The Morgan fingerprint density at radius 3 is 2.46 bits per heavy atom. The van der Waals surface area contributed by atoms with Crippen LogP contribution in [0.3, 0.4) is 0 Å². The molecule has 0 unspecified atom stereocenters. The second-order valence-corrected chi connectivity index (χ2v) is 9.61. The normalized spacial score (nSPS) is 15.8. The molecule has 1 aromatic heterocycles. The molecule has 5 rings (SSSR count). The highest BCUT2D eigenvalue weighted by Gasteiger charge is 2.20. The molecule has 0 spiro atoms. The zero-order valence-electron chi connectivity index (χ0n) is 19.5. The average molecular weight is 511 g/mol. The van der Waals surface area contributed by atoms with Gasteiger partial charge in [-0.1, -0.05) is 41.4 Å². The molecule has 3 heterocycles. The van der Waals surface area contributed by atoms with Crippen molar-refractivity contribution in [3.63, 3.8) is 0 Å². The van der Waals surface area contributed by atoms with Crippen LogP contribution in [0, 0.1) is 0 Å². The third-order valence-electron chi connectivity index (χ3n) is 6.18. The largest absolute Gasteiger partial charge is 0.489 e. The second kappa shape index (κ2) is 11.1. The van der Waals surface area contributed by atoms with Crippen LogP contribution in [0.4, 0.5) is 17.6 Å². The first kappa shape index (κ1) is 23.7. The van der Waals surface area contributed by atoms with Crippen molar-refractivity contribution in [3.8, 4) is 5.75 Å². The monoisotopic (exact) mass is 510 g/mol. The molecule has 2 aromatic carbocycles. The third kappa shape index (κ3) is 6.16. The Morgan fingerprint density at radius 1 is 0.914 bits per heavy atom. The van der Waals surface area contributed by atoms with Gasteiger partial charge in [0.15, 0.2) is 5.82 Å². The van der Waals surface area contributed by atoms with Crippen molar-refractivity contribution < 1.29 is 4.74 Å². The molecule has 1 N–H and O–H groups in total. The van der Waals surface area contributed by atoms with Crippen molar-refractivity contribution in [2.45, 2.75) is 32.3 Å². The predicted molar refractivity (Wildman–Crippen MR) is 143 cm³/mol. The summed E-state index contributed by atoms with van der Waals surface area (Å²) in [4.78, 5) is 14.2. The molecule has 7 nitrogen and oxygen atoms in total. The number of ether oxygens (including phenoxy) is 1. The van der Waals surface area contributed by atoms with Crippen molar-refractivity contribution in [1.82, 2.24) is 9.97 Å². The number of nitrogens with one attached hydrogen (secondary N) is 1. The molecule has 0 bridgehead atoms. The zero-order chi connectivity index (χ0) is 24.0. The summed E-state index contributed by atoms with van der Waals surface area (Å²) in [5.41, 5.74) is 4.89. The van der Waals surface area contributed by atoms with E-state index in [9.17, 15) is 0 Å². The minimum absolute atomic E-state index is 0.355. The average Bonchev–Trinajstić information content (AvgIpc) is 3.59. The van der Waals surface area contributed by atoms with Crippen LogP contribution >= 0.6 is 23.2 Å². The predicted octanol–water partition coefficient (Wildman–Crippen LogP) is 6.01. The molecule has 3 aromatic rings. The van der Waals surface area contributed by atoms with Crippen LogP contribution in [0.2, 0.25) is 10.0 Å². The summed E-state index contributed by atoms with van der Waals surface area (Å²) >= 11 is 12.2. The Hall–Kier alpha value is -3.03. The van der Waals surface area contributed by atoms with Crippen LogP contribution in [0.15, 0.2) is 53.6 Å². The van der Waals surface area contributed by atoms with Crippen molar-refractivity contribution in [3.05, 3.63) is 69.7 Å². The van der Waals surface area contributed by atoms with E-state index in [1.165, 1.54) is 25.7 Å². The van der Waals surface area contributed by atoms with Crippen LogP contribution < -0.4 is 20.0 Å². The van der Waals surface area contributed by atoms with Gasteiger partial charge in [0.2, 0.25) is 5.95 Å². The quantitative estimate of drug-likeness (QED) is 0.295. The van der Waals surface area contributed by atoms with Gasteiger partial charge < -0.3 is 14.5 Å². The van der Waals surface area contributed by atoms with Crippen molar-refractivity contribution in [1.29, 1.82) is 0 Å². The maximum absolute atomic E-state index is 6.25. The van der Waals surface area contributed by atoms with Crippen LogP contribution in [0.25, 0.3) is 0 Å². The number of nitrogens with zero attached hydrogens (tertiary/aromatic N) is 5. The first-order chi connectivity index (χ1) is 17.1. The van der Waals surface area contributed by atoms with Gasteiger partial charge in [0.1, 0.15) is 18.2 Å². The number of benzene rings is 2. The van der Waals surface area contributed by atoms with Gasteiger partial charge in [-0.05, 0) is 55.5 Å². The Kier molecular flexibility index (Phi) is 7.54. The van der Waals surface area contributed by atoms with Gasteiger partial charge in [0, 0.05) is 47.9 Å². The lowest BCUT2D eigenvalue weighted by Gasteiger charge is -2.21. The molecule has 2 saturated heterocycles. The van der Waals surface area contributed by atoms with Crippen LogP contribution in [-0.2, 0) is 6.61 Å². The minimum atomic E-state index is 0.355. The maximum Gasteiger partial charge on any atom is 0.229 e. The van der Waals surface area contributed by atoms with E-state index in [0.29, 0.717) is 22.5 Å². The fraction of sp³-hybridized carbons (Fsp3) is 0.346. The zero-order valence-corrected chi connectivity index (χ0v) is 21.0. The summed E-state index contributed by atoms with van der Waals surface area (Å²) in [5.74, 6) is 3.17. The van der Waals surface area contributed by atoms with Crippen molar-refractivity contribution in [2.75, 3.05) is 41.4 Å². The fourth-order valence-corrected chi connectivity index (χ4v) is 4.77. The molecular formula is C26H28Cl2N6O. The molecule has 2 aliphatic heterocycles. The summed E-state index contributed by atoms with van der Waals surface area (Å²) < 4.78 is 5.92. The van der Waals surface area contributed by atoms with Gasteiger partial charge in [0.25, 0.3) is 0 Å². The first-order valence-electron chi connectivity index (χ1n) is 12.0. The van der Waals surface area contributed by atoms with E-state index in [-0.39, 0.29) is 0 Å². The molecule has 0 aliphatic carbocycles. The third-order valence-corrected chi connectivity index (χ3v) is 6.77. The van der Waals surface area contributed by atoms with Gasteiger partial charge in [-0.3, -0.25) is 5.43 Å². The molecule has 0 atom stereocenters. The van der Waals surface area contributed by atoms with Gasteiger partial charge in [-0.25, -0.2) is 0 Å². The van der Waals surface area contributed by atoms with Gasteiger partial charge in [-0.2, -0.15) is 15.1 Å². The molecule has 9 heteroatoms. The summed E-state index contributed by atoms with van der Waals surface area (Å²) in [6.07, 6.45) is 6.52. The Labute approximate surface area is 215 Å². The first-order valence-corrected chi connectivity index (χ1v) is 12.7. The maximum atomic E-state index is 6.25. The number of rotatable bonds is 8. The summed E-state index contributed by atoms with van der Waals surface area (Å²) in [6.45, 7) is 4.43. The smallest absolute Gasteiger partial charge is 0.229 e. The lowest BCUT2D eigenvalue weighted by atomic mass is 10.2. The molecular weight excluding hydrogens is 483 g/mol. The second-order valence-electron chi connectivity index (χ2n) is 8.77. The summed E-state index contributed by atoms with van der Waals surface area (Å²) in [7, 11) is 0. The number of hydrogen-bond acceptors (Lipinski definition) is 7. The van der Waals surface area contributed by atoms with Crippen molar-refractivity contribution >= 4 is 47.0 Å². The number of anilines is 3. The van der Waals surface area contributed by atoms with E-state index in [4.69, 9.17) is 37.9 Å². The molecule has 0 radical (unpaired) electrons. The van der Waals surface area contributed by atoms with Gasteiger partial charge in [0.05, 0.1) is 6.21 Å². The Balaban J connectivity index is 1.26. The summed E-state index contributed by atoms with van der Waals surface area (Å²) in [6, 6.07) is 15.1. The Bertz CT molecular complexity index is 1160. The van der Waals surface area contributed by atoms with Gasteiger partial charge >= 0.3 is 0 Å². The van der Waals surface area contributed by atoms with Crippen molar-refractivity contribution in [2.24, 2.45) is 5.10 Å². The highest BCUT2D eigenvalue weighted by Crippen LogP contribution is 2.26. The molecule has 2 aliphatic rings. The highest BCUT2D eigenvalue weighted by atomic mass is 35.5. The number of hydrogen-bond donors (Lipinski definition) is 1. The molecule has 0 saturated carbocycles. The number of hydrazone groups is 1. The van der Waals surface area contributed by atoms with E-state index in [0.717, 1.165) is 54.8 Å². The molecule has 0 amide bonds. The van der Waals surface area contributed by atoms with E-state index < -0.39 is 0 Å². The van der Waals surface area contributed by atoms with Crippen LogP contribution in [-0.4, -0.2) is 42.4 Å². The SMILES string of the molecule is Clc1ccc(COc2cccc(C=NNc3cc(N4CCCC4)nc(N4CCCC4)n3)c2)c(Cl)c1. The molecule has 2 fully saturated rings.